The molecule has 2 nitrogen and oxygen atoms in total. The maximum Gasteiger partial charge on any atom is 0.156 e. The van der Waals surface area contributed by atoms with E-state index in [1.807, 2.05) is 6.08 Å². The highest BCUT2D eigenvalue weighted by Crippen LogP contribution is 2.64. The summed E-state index contributed by atoms with van der Waals surface area (Å²) >= 11 is 0. The predicted molar refractivity (Wildman–Crippen MR) is 127 cm³/mol. The van der Waals surface area contributed by atoms with E-state index in [9.17, 15) is 13.6 Å². The van der Waals surface area contributed by atoms with Crippen LogP contribution >= 0.6 is 0 Å². The van der Waals surface area contributed by atoms with Gasteiger partial charge < -0.3 is 4.74 Å². The van der Waals surface area contributed by atoms with Crippen molar-refractivity contribution >= 4 is 5.78 Å². The number of rotatable bonds is 2. The lowest BCUT2D eigenvalue weighted by molar-refractivity contribution is -0.114. The van der Waals surface area contributed by atoms with Crippen molar-refractivity contribution < 1.29 is 18.3 Å². The number of ketones is 1. The summed E-state index contributed by atoms with van der Waals surface area (Å²) in [7, 11) is 1.79. The van der Waals surface area contributed by atoms with Crippen LogP contribution in [0.2, 0.25) is 0 Å². The molecular weight excluding hydrogens is 418 g/mol. The Morgan fingerprint density at radius 1 is 1.12 bits per heavy atom. The molecule has 5 unspecified atom stereocenters. The van der Waals surface area contributed by atoms with Gasteiger partial charge in [-0.1, -0.05) is 12.5 Å². The van der Waals surface area contributed by atoms with E-state index in [-0.39, 0.29) is 28.8 Å². The number of terminal acetylenes is 1. The molecule has 4 aliphatic carbocycles. The van der Waals surface area contributed by atoms with Crippen LogP contribution in [0.25, 0.3) is 0 Å². The average molecular weight is 453 g/mol. The Labute approximate surface area is 196 Å². The first-order valence-corrected chi connectivity index (χ1v) is 12.1. The molecule has 0 heterocycles. The summed E-state index contributed by atoms with van der Waals surface area (Å²) in [5.74, 6) is 2.42. The number of allylic oxidation sites excluding steroid dienone is 4. The van der Waals surface area contributed by atoms with Crippen molar-refractivity contribution in [3.63, 3.8) is 0 Å². The molecule has 1 aromatic rings. The Balaban J connectivity index is 0.000000821. The van der Waals surface area contributed by atoms with Gasteiger partial charge in [0.2, 0.25) is 0 Å². The molecule has 0 amide bonds. The fourth-order valence-corrected chi connectivity index (χ4v) is 7.17. The van der Waals surface area contributed by atoms with Gasteiger partial charge in [-0.15, -0.1) is 12.3 Å². The summed E-state index contributed by atoms with van der Waals surface area (Å²) in [6.45, 7) is 5.47. The molecule has 0 radical (unpaired) electrons. The summed E-state index contributed by atoms with van der Waals surface area (Å²) in [6, 6.07) is 3.08. The summed E-state index contributed by atoms with van der Waals surface area (Å²) in [5, 5.41) is 0. The van der Waals surface area contributed by atoms with Gasteiger partial charge in [0.15, 0.2) is 5.78 Å². The third-order valence-electron chi connectivity index (χ3n) is 8.63. The van der Waals surface area contributed by atoms with E-state index in [2.05, 4.69) is 19.3 Å². The van der Waals surface area contributed by atoms with Gasteiger partial charge in [0.25, 0.3) is 0 Å². The quantitative estimate of drug-likeness (QED) is 0.460. The van der Waals surface area contributed by atoms with Crippen molar-refractivity contribution in [3.05, 3.63) is 57.7 Å². The maximum absolute atomic E-state index is 14.6. The smallest absolute Gasteiger partial charge is 0.156 e. The summed E-state index contributed by atoms with van der Waals surface area (Å²) < 4.78 is 35.1. The van der Waals surface area contributed by atoms with Crippen molar-refractivity contribution in [2.45, 2.75) is 77.7 Å². The first kappa shape index (κ1) is 23.9. The second-order valence-corrected chi connectivity index (χ2v) is 10.3. The van der Waals surface area contributed by atoms with Gasteiger partial charge in [-0.05, 0) is 105 Å². The van der Waals surface area contributed by atoms with Crippen LogP contribution in [-0.4, -0.2) is 19.0 Å². The number of hydrogen-bond donors (Lipinski definition) is 0. The van der Waals surface area contributed by atoms with Gasteiger partial charge in [-0.25, -0.2) is 8.78 Å². The molecule has 0 bridgehead atoms. The fraction of sp³-hybridized carbons (Fsp3) is 0.552. The normalized spacial score (nSPS) is 32.6. The number of fused-ring (bicyclic) bond motifs is 4. The second kappa shape index (κ2) is 9.18. The van der Waals surface area contributed by atoms with Gasteiger partial charge in [0.1, 0.15) is 11.6 Å². The molecule has 2 fully saturated rings. The van der Waals surface area contributed by atoms with Gasteiger partial charge in [-0.3, -0.25) is 4.79 Å². The minimum absolute atomic E-state index is 0.00230. The molecule has 0 aromatic heterocycles. The molecule has 1 aromatic carbocycles. The van der Waals surface area contributed by atoms with Gasteiger partial charge in [-0.2, -0.15) is 0 Å². The summed E-state index contributed by atoms with van der Waals surface area (Å²) in [6.07, 6.45) is 12.9. The molecule has 4 aliphatic rings. The number of hydrogen-bond acceptors (Lipinski definition) is 2. The zero-order valence-corrected chi connectivity index (χ0v) is 20.1. The van der Waals surface area contributed by atoms with E-state index < -0.39 is 11.6 Å². The van der Waals surface area contributed by atoms with E-state index in [1.54, 1.807) is 26.2 Å². The highest BCUT2D eigenvalue weighted by atomic mass is 19.1. The number of methoxy groups -OCH3 is 1. The second-order valence-electron chi connectivity index (χ2n) is 10.3. The van der Waals surface area contributed by atoms with Crippen molar-refractivity contribution in [1.29, 1.82) is 0 Å². The van der Waals surface area contributed by atoms with Crippen LogP contribution in [0.1, 0.15) is 75.8 Å². The van der Waals surface area contributed by atoms with Crippen LogP contribution in [0.15, 0.2) is 34.9 Å². The Bertz CT molecular complexity index is 1040. The van der Waals surface area contributed by atoms with Crippen molar-refractivity contribution in [1.82, 2.24) is 0 Å². The van der Waals surface area contributed by atoms with Crippen molar-refractivity contribution in [2.24, 2.45) is 17.3 Å². The van der Waals surface area contributed by atoms with Crippen molar-refractivity contribution in [3.8, 4) is 12.3 Å². The Morgan fingerprint density at radius 2 is 1.79 bits per heavy atom. The van der Waals surface area contributed by atoms with Crippen LogP contribution in [0.5, 0.6) is 0 Å². The van der Waals surface area contributed by atoms with Crippen molar-refractivity contribution in [2.75, 3.05) is 7.11 Å². The first-order chi connectivity index (χ1) is 15.7. The molecule has 5 rings (SSSR count). The molecule has 0 aliphatic heterocycles. The Hall–Kier alpha value is -2.25. The molecule has 0 spiro atoms. The maximum atomic E-state index is 14.6. The number of benzene rings is 1. The topological polar surface area (TPSA) is 26.3 Å². The Morgan fingerprint density at radius 3 is 2.42 bits per heavy atom. The third kappa shape index (κ3) is 3.99. The third-order valence-corrected chi connectivity index (χ3v) is 8.63. The lowest BCUT2D eigenvalue weighted by atomic mass is 9.53. The van der Waals surface area contributed by atoms with Crippen LogP contribution in [0.4, 0.5) is 8.78 Å². The fourth-order valence-electron chi connectivity index (χ4n) is 7.17. The molecular formula is C29H34F2O2. The molecule has 33 heavy (non-hydrogen) atoms. The highest BCUT2D eigenvalue weighted by molar-refractivity contribution is 5.93. The minimum atomic E-state index is -0.473. The van der Waals surface area contributed by atoms with Gasteiger partial charge in [0, 0.05) is 25.0 Å². The van der Waals surface area contributed by atoms with Crippen LogP contribution in [-0.2, 0) is 9.53 Å². The van der Waals surface area contributed by atoms with E-state index >= 15 is 0 Å². The number of halogens is 2. The molecule has 0 saturated heterocycles. The largest absolute Gasteiger partial charge is 0.381 e. The average Bonchev–Trinajstić information content (AvgIpc) is 3.12. The predicted octanol–water partition coefficient (Wildman–Crippen LogP) is 6.83. The summed E-state index contributed by atoms with van der Waals surface area (Å²) in [5.41, 5.74) is 4.65. The molecule has 176 valence electrons. The first-order valence-electron chi connectivity index (χ1n) is 12.1. The Kier molecular flexibility index (Phi) is 6.65. The van der Waals surface area contributed by atoms with Gasteiger partial charge >= 0.3 is 0 Å². The van der Waals surface area contributed by atoms with E-state index in [0.717, 1.165) is 44.1 Å². The number of ether oxygens (including phenoxy) is 1. The highest BCUT2D eigenvalue weighted by Gasteiger charge is 2.57. The molecule has 0 N–H and O–H groups in total. The number of carbonyl (C=O) groups is 1. The number of carbonyl (C=O) groups excluding carboxylic acids is 1. The zero-order chi connectivity index (χ0) is 23.9. The van der Waals surface area contributed by atoms with Crippen LogP contribution in [0.3, 0.4) is 0 Å². The lowest BCUT2D eigenvalue weighted by Crippen LogP contribution is -2.45. The van der Waals surface area contributed by atoms with E-state index in [0.29, 0.717) is 18.3 Å². The zero-order valence-electron chi connectivity index (χ0n) is 20.1. The van der Waals surface area contributed by atoms with Gasteiger partial charge in [0.05, 0.1) is 6.10 Å². The standard InChI is InChI=1S/C26H30F2O2.C3H4/c1-14-22(27)11-16(12-23(14)28)20-13-26(2)21(8-9-24(26)30-3)19-6-4-15-10-17(29)5-7-18(15)25(19)20;1-3-2/h10-12,19-21,24H,4-9,13H2,1-3H3;1H,2H3. The molecule has 2 saturated carbocycles. The lowest BCUT2D eigenvalue weighted by Gasteiger charge is -2.52. The van der Waals surface area contributed by atoms with Crippen LogP contribution < -0.4 is 0 Å². The van der Waals surface area contributed by atoms with E-state index in [4.69, 9.17) is 4.74 Å². The molecule has 5 atom stereocenters. The minimum Gasteiger partial charge on any atom is -0.381 e. The van der Waals surface area contributed by atoms with E-state index in [1.165, 1.54) is 23.6 Å². The monoisotopic (exact) mass is 452 g/mol. The summed E-state index contributed by atoms with van der Waals surface area (Å²) in [4.78, 5) is 12.1. The SMILES string of the molecule is C#CC.COC1CCC2C3CCC4=CC(=O)CCC4=C3C(c3cc(F)c(C)c(F)c3)CC12C. The van der Waals surface area contributed by atoms with Crippen LogP contribution in [0, 0.1) is 48.2 Å². The molecule has 4 heteroatoms.